The SMILES string of the molecule is Cn1c(CCNC(=O)/C=C/c2ccccc2Cl)nnc1SCc1ccccn1. The van der Waals surface area contributed by atoms with Gasteiger partial charge in [-0.2, -0.15) is 0 Å². The first-order valence-electron chi connectivity index (χ1n) is 8.75. The summed E-state index contributed by atoms with van der Waals surface area (Å²) in [5.41, 5.74) is 1.80. The fourth-order valence-corrected chi connectivity index (χ4v) is 3.49. The second-order valence-electron chi connectivity index (χ2n) is 5.96. The highest BCUT2D eigenvalue weighted by Crippen LogP contribution is 2.20. The Labute approximate surface area is 173 Å². The topological polar surface area (TPSA) is 72.7 Å². The number of hydrogen-bond donors (Lipinski definition) is 1. The fraction of sp³-hybridized carbons (Fsp3) is 0.200. The van der Waals surface area contributed by atoms with Crippen molar-refractivity contribution < 1.29 is 4.79 Å². The van der Waals surface area contributed by atoms with E-state index in [1.54, 1.807) is 30.1 Å². The van der Waals surface area contributed by atoms with Gasteiger partial charge in [-0.25, -0.2) is 0 Å². The molecule has 0 unspecified atom stereocenters. The summed E-state index contributed by atoms with van der Waals surface area (Å²) in [5, 5.41) is 12.7. The summed E-state index contributed by atoms with van der Waals surface area (Å²) in [5.74, 6) is 1.38. The minimum Gasteiger partial charge on any atom is -0.352 e. The Hall–Kier alpha value is -2.64. The molecule has 3 rings (SSSR count). The van der Waals surface area contributed by atoms with E-state index in [1.807, 2.05) is 48.0 Å². The molecule has 0 fully saturated rings. The van der Waals surface area contributed by atoms with Crippen molar-refractivity contribution in [2.24, 2.45) is 7.05 Å². The second-order valence-corrected chi connectivity index (χ2v) is 7.31. The molecule has 0 saturated heterocycles. The van der Waals surface area contributed by atoms with Crippen molar-refractivity contribution >= 4 is 35.3 Å². The first-order chi connectivity index (χ1) is 13.6. The quantitative estimate of drug-likeness (QED) is 0.451. The average Bonchev–Trinajstić information content (AvgIpc) is 3.06. The van der Waals surface area contributed by atoms with Crippen LogP contribution in [0.25, 0.3) is 6.08 Å². The van der Waals surface area contributed by atoms with Crippen LogP contribution in [-0.4, -0.2) is 32.2 Å². The van der Waals surface area contributed by atoms with Gasteiger partial charge in [-0.1, -0.05) is 47.6 Å². The van der Waals surface area contributed by atoms with E-state index in [1.165, 1.54) is 6.08 Å². The first kappa shape index (κ1) is 20.1. The smallest absolute Gasteiger partial charge is 0.244 e. The highest BCUT2D eigenvalue weighted by atomic mass is 35.5. The maximum Gasteiger partial charge on any atom is 0.244 e. The molecule has 144 valence electrons. The van der Waals surface area contributed by atoms with Crippen molar-refractivity contribution in [3.63, 3.8) is 0 Å². The Morgan fingerprint density at radius 2 is 2.04 bits per heavy atom. The molecule has 2 heterocycles. The van der Waals surface area contributed by atoms with E-state index in [9.17, 15) is 4.79 Å². The minimum absolute atomic E-state index is 0.174. The van der Waals surface area contributed by atoms with Crippen molar-refractivity contribution in [3.05, 3.63) is 76.8 Å². The van der Waals surface area contributed by atoms with E-state index in [2.05, 4.69) is 20.5 Å². The molecule has 0 aliphatic rings. The van der Waals surface area contributed by atoms with Gasteiger partial charge in [0.2, 0.25) is 5.91 Å². The molecular formula is C20H20ClN5OS. The second kappa shape index (κ2) is 10.1. The molecule has 0 aliphatic carbocycles. The van der Waals surface area contributed by atoms with E-state index in [4.69, 9.17) is 11.6 Å². The van der Waals surface area contributed by atoms with E-state index in [0.29, 0.717) is 18.0 Å². The van der Waals surface area contributed by atoms with Gasteiger partial charge >= 0.3 is 0 Å². The summed E-state index contributed by atoms with van der Waals surface area (Å²) in [6.07, 6.45) is 5.55. The number of rotatable bonds is 8. The molecule has 1 aromatic carbocycles. The molecule has 28 heavy (non-hydrogen) atoms. The van der Waals surface area contributed by atoms with Gasteiger partial charge < -0.3 is 9.88 Å². The van der Waals surface area contributed by atoms with Crippen LogP contribution >= 0.6 is 23.4 Å². The number of halogens is 1. The molecule has 0 spiro atoms. The Kier molecular flexibility index (Phi) is 7.22. The molecule has 0 aliphatic heterocycles. The van der Waals surface area contributed by atoms with E-state index in [-0.39, 0.29) is 5.91 Å². The number of nitrogens with zero attached hydrogens (tertiary/aromatic N) is 4. The van der Waals surface area contributed by atoms with Gasteiger partial charge in [-0.15, -0.1) is 10.2 Å². The summed E-state index contributed by atoms with van der Waals surface area (Å²) in [4.78, 5) is 16.3. The van der Waals surface area contributed by atoms with E-state index >= 15 is 0 Å². The number of pyridine rings is 1. The van der Waals surface area contributed by atoms with Crippen molar-refractivity contribution in [2.75, 3.05) is 6.54 Å². The van der Waals surface area contributed by atoms with Crippen LogP contribution in [0.3, 0.4) is 0 Å². The molecule has 0 bridgehead atoms. The van der Waals surface area contributed by atoms with Crippen LogP contribution in [0.2, 0.25) is 5.02 Å². The largest absolute Gasteiger partial charge is 0.352 e. The average molecular weight is 414 g/mol. The van der Waals surface area contributed by atoms with Crippen LogP contribution in [0.4, 0.5) is 0 Å². The van der Waals surface area contributed by atoms with Crippen molar-refractivity contribution in [2.45, 2.75) is 17.3 Å². The van der Waals surface area contributed by atoms with E-state index in [0.717, 1.165) is 28.0 Å². The van der Waals surface area contributed by atoms with Crippen LogP contribution in [0, 0.1) is 0 Å². The molecule has 0 radical (unpaired) electrons. The van der Waals surface area contributed by atoms with Crippen molar-refractivity contribution in [1.29, 1.82) is 0 Å². The highest BCUT2D eigenvalue weighted by Gasteiger charge is 2.10. The number of benzene rings is 1. The first-order valence-corrected chi connectivity index (χ1v) is 10.1. The normalized spacial score (nSPS) is 11.1. The molecule has 3 aromatic rings. The standard InChI is InChI=1S/C20H20ClN5OS/c1-26-18(24-25-20(26)28-14-16-7-4-5-12-22-16)11-13-23-19(27)10-9-15-6-2-3-8-17(15)21/h2-10,12H,11,13-14H2,1H3,(H,23,27)/b10-9+. The lowest BCUT2D eigenvalue weighted by molar-refractivity contribution is -0.116. The Balaban J connectivity index is 1.46. The summed E-state index contributed by atoms with van der Waals surface area (Å²) in [6, 6.07) is 13.2. The van der Waals surface area contributed by atoms with Crippen LogP contribution < -0.4 is 5.32 Å². The molecule has 0 atom stereocenters. The summed E-state index contributed by atoms with van der Waals surface area (Å²) in [6.45, 7) is 0.475. The zero-order valence-electron chi connectivity index (χ0n) is 15.4. The number of thioether (sulfide) groups is 1. The number of carbonyl (C=O) groups excluding carboxylic acids is 1. The molecule has 6 nitrogen and oxygen atoms in total. The summed E-state index contributed by atoms with van der Waals surface area (Å²) in [7, 11) is 1.93. The number of aromatic nitrogens is 4. The van der Waals surface area contributed by atoms with Crippen LogP contribution in [0.1, 0.15) is 17.1 Å². The number of amides is 1. The van der Waals surface area contributed by atoms with Crippen LogP contribution in [0.15, 0.2) is 59.9 Å². The maximum absolute atomic E-state index is 12.0. The molecule has 0 saturated carbocycles. The lowest BCUT2D eigenvalue weighted by atomic mass is 10.2. The maximum atomic E-state index is 12.0. The van der Waals surface area contributed by atoms with Crippen molar-refractivity contribution in [3.8, 4) is 0 Å². The minimum atomic E-state index is -0.174. The number of carbonyl (C=O) groups is 1. The number of nitrogens with one attached hydrogen (secondary N) is 1. The summed E-state index contributed by atoms with van der Waals surface area (Å²) < 4.78 is 1.94. The monoisotopic (exact) mass is 413 g/mol. The number of hydrogen-bond acceptors (Lipinski definition) is 5. The fourth-order valence-electron chi connectivity index (χ4n) is 2.44. The van der Waals surface area contributed by atoms with Gasteiger partial charge in [0, 0.05) is 43.1 Å². The third kappa shape index (κ3) is 5.68. The molecule has 2 aromatic heterocycles. The Morgan fingerprint density at radius 1 is 1.21 bits per heavy atom. The third-order valence-electron chi connectivity index (χ3n) is 3.97. The van der Waals surface area contributed by atoms with Crippen LogP contribution in [-0.2, 0) is 24.0 Å². The van der Waals surface area contributed by atoms with Gasteiger partial charge in [0.15, 0.2) is 5.16 Å². The molecule has 1 amide bonds. The third-order valence-corrected chi connectivity index (χ3v) is 5.37. The van der Waals surface area contributed by atoms with E-state index < -0.39 is 0 Å². The van der Waals surface area contributed by atoms with Gasteiger partial charge in [0.1, 0.15) is 5.82 Å². The molecule has 1 N–H and O–H groups in total. The summed E-state index contributed by atoms with van der Waals surface area (Å²) >= 11 is 7.65. The highest BCUT2D eigenvalue weighted by molar-refractivity contribution is 7.98. The van der Waals surface area contributed by atoms with Crippen molar-refractivity contribution in [1.82, 2.24) is 25.1 Å². The zero-order chi connectivity index (χ0) is 19.8. The predicted octanol–water partition coefficient (Wildman–Crippen LogP) is 3.53. The van der Waals surface area contributed by atoms with Gasteiger partial charge in [-0.05, 0) is 29.8 Å². The predicted molar refractivity (Wildman–Crippen MR) is 112 cm³/mol. The van der Waals surface area contributed by atoms with Gasteiger partial charge in [0.25, 0.3) is 0 Å². The lowest BCUT2D eigenvalue weighted by Gasteiger charge is -2.04. The Morgan fingerprint density at radius 3 is 2.82 bits per heavy atom. The molecular weight excluding hydrogens is 394 g/mol. The molecule has 8 heteroatoms. The van der Waals surface area contributed by atoms with Gasteiger partial charge in [-0.3, -0.25) is 9.78 Å². The Bertz CT molecular complexity index is 958. The van der Waals surface area contributed by atoms with Crippen LogP contribution in [0.5, 0.6) is 0 Å². The zero-order valence-corrected chi connectivity index (χ0v) is 17.0. The van der Waals surface area contributed by atoms with Gasteiger partial charge in [0.05, 0.1) is 5.69 Å². The lowest BCUT2D eigenvalue weighted by Crippen LogP contribution is -2.24.